The first-order chi connectivity index (χ1) is 20.7. The fourth-order valence-electron chi connectivity index (χ4n) is 4.46. The molecule has 1 aliphatic rings. The van der Waals surface area contributed by atoms with Gasteiger partial charge in [-0.05, 0) is 32.8 Å². The molecule has 0 aromatic carbocycles. The molecule has 4 aromatic heterocycles. The molecule has 13 heteroatoms. The topological polar surface area (TPSA) is 112 Å². The summed E-state index contributed by atoms with van der Waals surface area (Å²) in [5.41, 5.74) is -2.64. The van der Waals surface area contributed by atoms with E-state index in [2.05, 4.69) is 25.3 Å². The molecule has 216 valence electrons. The average Bonchev–Trinajstić information content (AvgIpc) is 2.92. The highest BCUT2D eigenvalue weighted by Gasteiger charge is 2.28. The van der Waals surface area contributed by atoms with Gasteiger partial charge in [-0.1, -0.05) is 23.8 Å². The summed E-state index contributed by atoms with van der Waals surface area (Å²) >= 11 is 6.36. The lowest BCUT2D eigenvalue weighted by Gasteiger charge is -2.24. The van der Waals surface area contributed by atoms with Crippen molar-refractivity contribution >= 4 is 23.6 Å². The van der Waals surface area contributed by atoms with E-state index in [1.54, 1.807) is 26.0 Å². The molecule has 42 heavy (non-hydrogen) atoms. The van der Waals surface area contributed by atoms with E-state index < -0.39 is 51.6 Å². The number of halogens is 4. The van der Waals surface area contributed by atoms with Crippen LogP contribution >= 0.6 is 11.6 Å². The van der Waals surface area contributed by atoms with Crippen molar-refractivity contribution in [3.05, 3.63) is 98.5 Å². The van der Waals surface area contributed by atoms with Crippen LogP contribution < -0.4 is 15.6 Å². The standard InChI is InChI=1S/C29H24ClF3N6O3/c1-15(40)38-29(2,3)28-34-9-8-20(37-28)25-24(33)26-16(12-36-25)6-4-5-7-18-11-22(23(30)27(41)39(18)26)42-14-21-19(32)10-17(31)13-35-21/h4,6,8-13H,5,7,14H2,1-3H3,(H,38,40)/b6-4-/i14D2. The van der Waals surface area contributed by atoms with Gasteiger partial charge in [-0.15, -0.1) is 0 Å². The Labute approximate surface area is 245 Å². The number of fused-ring (bicyclic) bond motifs is 3. The molecule has 0 bridgehead atoms. The van der Waals surface area contributed by atoms with Gasteiger partial charge < -0.3 is 10.1 Å². The molecule has 4 aromatic rings. The minimum Gasteiger partial charge on any atom is -0.485 e. The Balaban J connectivity index is 1.64. The molecule has 1 aliphatic heterocycles. The summed E-state index contributed by atoms with van der Waals surface area (Å²) in [6.07, 6.45) is 7.32. The van der Waals surface area contributed by atoms with Crippen LogP contribution in [0.5, 0.6) is 5.75 Å². The molecule has 0 unspecified atom stereocenters. The number of pyridine rings is 3. The number of aryl methyl sites for hydroxylation is 1. The number of hydrogen-bond acceptors (Lipinski definition) is 7. The zero-order valence-corrected chi connectivity index (χ0v) is 23.3. The Morgan fingerprint density at radius 2 is 2.00 bits per heavy atom. The van der Waals surface area contributed by atoms with E-state index in [1.165, 1.54) is 31.5 Å². The van der Waals surface area contributed by atoms with Gasteiger partial charge in [0.2, 0.25) is 5.91 Å². The monoisotopic (exact) mass is 598 g/mol. The Hall–Kier alpha value is -4.58. The smallest absolute Gasteiger partial charge is 0.278 e. The molecular weight excluding hydrogens is 573 g/mol. The third kappa shape index (κ3) is 5.62. The van der Waals surface area contributed by atoms with E-state index in [-0.39, 0.29) is 46.5 Å². The van der Waals surface area contributed by atoms with Gasteiger partial charge in [0.1, 0.15) is 34.5 Å². The molecule has 0 radical (unpaired) electrons. The number of amides is 1. The van der Waals surface area contributed by atoms with Gasteiger partial charge >= 0.3 is 0 Å². The molecule has 0 spiro atoms. The van der Waals surface area contributed by atoms with Crippen LogP contribution in [0.25, 0.3) is 23.2 Å². The van der Waals surface area contributed by atoms with E-state index in [0.29, 0.717) is 18.7 Å². The van der Waals surface area contributed by atoms with Crippen LogP contribution in [0.1, 0.15) is 52.7 Å². The van der Waals surface area contributed by atoms with Crippen molar-refractivity contribution in [1.82, 2.24) is 29.8 Å². The van der Waals surface area contributed by atoms with Gasteiger partial charge in [-0.3, -0.25) is 24.1 Å². The summed E-state index contributed by atoms with van der Waals surface area (Å²) in [6.45, 7) is 1.76. The molecule has 0 fully saturated rings. The van der Waals surface area contributed by atoms with Gasteiger partial charge in [-0.25, -0.2) is 23.1 Å². The maximum atomic E-state index is 16.5. The lowest BCUT2D eigenvalue weighted by Crippen LogP contribution is -2.41. The molecule has 0 saturated carbocycles. The van der Waals surface area contributed by atoms with Crippen LogP contribution in [-0.4, -0.2) is 30.4 Å². The van der Waals surface area contributed by atoms with Crippen molar-refractivity contribution in [1.29, 1.82) is 0 Å². The van der Waals surface area contributed by atoms with Crippen LogP contribution in [0.15, 0.2) is 47.7 Å². The highest BCUT2D eigenvalue weighted by atomic mass is 35.5. The van der Waals surface area contributed by atoms with Crippen LogP contribution in [-0.2, 0) is 23.3 Å². The summed E-state index contributed by atoms with van der Waals surface area (Å²) in [7, 11) is 0. The fourth-order valence-corrected chi connectivity index (χ4v) is 4.64. The van der Waals surface area contributed by atoms with E-state index in [4.69, 9.17) is 19.1 Å². The number of ether oxygens (including phenoxy) is 1. The van der Waals surface area contributed by atoms with E-state index in [9.17, 15) is 18.4 Å². The molecule has 0 aliphatic carbocycles. The first-order valence-electron chi connectivity index (χ1n) is 13.6. The van der Waals surface area contributed by atoms with Crippen molar-refractivity contribution in [3.8, 4) is 22.8 Å². The van der Waals surface area contributed by atoms with Gasteiger partial charge in [0.15, 0.2) is 17.5 Å². The number of nitrogens with zero attached hydrogens (tertiary/aromatic N) is 5. The highest BCUT2D eigenvalue weighted by Crippen LogP contribution is 2.32. The van der Waals surface area contributed by atoms with Crippen molar-refractivity contribution in [2.45, 2.75) is 45.7 Å². The van der Waals surface area contributed by atoms with Crippen molar-refractivity contribution < 1.29 is 25.4 Å². The van der Waals surface area contributed by atoms with Crippen molar-refractivity contribution in [3.63, 3.8) is 0 Å². The normalized spacial score (nSPS) is 14.5. The number of carbonyl (C=O) groups excluding carboxylic acids is 1. The minimum absolute atomic E-state index is 0.0856. The number of hydrogen-bond donors (Lipinski definition) is 1. The number of allylic oxidation sites excluding steroid dienone is 1. The van der Waals surface area contributed by atoms with E-state index >= 15 is 4.39 Å². The maximum absolute atomic E-state index is 16.5. The Morgan fingerprint density at radius 1 is 1.21 bits per heavy atom. The van der Waals surface area contributed by atoms with Crippen LogP contribution in [0.3, 0.4) is 0 Å². The zero-order chi connectivity index (χ0) is 32.0. The SMILES string of the molecule is [2H]C([2H])(Oc1cc2n(c(=O)c1Cl)-c1c(cnc(-c3ccnc(C(C)(C)NC(C)=O)n3)c1F)/C=C\CC2)c1ncc(F)cc1F. The van der Waals surface area contributed by atoms with E-state index in [0.717, 1.165) is 4.57 Å². The van der Waals surface area contributed by atoms with Crippen LogP contribution in [0.4, 0.5) is 13.2 Å². The highest BCUT2D eigenvalue weighted by molar-refractivity contribution is 6.31. The van der Waals surface area contributed by atoms with Crippen LogP contribution in [0, 0.1) is 17.5 Å². The second kappa shape index (κ2) is 11.4. The van der Waals surface area contributed by atoms with Gasteiger partial charge in [0, 0.05) is 42.7 Å². The predicted octanol–water partition coefficient (Wildman–Crippen LogP) is 5.06. The lowest BCUT2D eigenvalue weighted by molar-refractivity contribution is -0.120. The molecule has 0 atom stereocenters. The molecule has 1 amide bonds. The Morgan fingerprint density at radius 3 is 2.74 bits per heavy atom. The molecule has 5 heterocycles. The van der Waals surface area contributed by atoms with Gasteiger partial charge in [0.25, 0.3) is 5.56 Å². The number of carbonyl (C=O) groups is 1. The summed E-state index contributed by atoms with van der Waals surface area (Å²) in [5.74, 6) is -3.79. The third-order valence-corrected chi connectivity index (χ3v) is 6.66. The van der Waals surface area contributed by atoms with Crippen LogP contribution in [0.2, 0.25) is 5.02 Å². The number of nitrogens with one attached hydrogen (secondary N) is 1. The number of aromatic nitrogens is 5. The summed E-state index contributed by atoms with van der Waals surface area (Å²) in [6, 6.07) is 3.13. The second-order valence-electron chi connectivity index (χ2n) is 9.88. The number of rotatable bonds is 6. The lowest BCUT2D eigenvalue weighted by atomic mass is 10.0. The van der Waals surface area contributed by atoms with Crippen molar-refractivity contribution in [2.75, 3.05) is 0 Å². The largest absolute Gasteiger partial charge is 0.485 e. The first-order valence-corrected chi connectivity index (χ1v) is 13.0. The molecule has 1 N–H and O–H groups in total. The molecule has 9 nitrogen and oxygen atoms in total. The Bertz CT molecular complexity index is 1900. The fraction of sp³-hybridized carbons (Fsp3) is 0.241. The second-order valence-corrected chi connectivity index (χ2v) is 10.3. The molecule has 5 rings (SSSR count). The third-order valence-electron chi connectivity index (χ3n) is 6.31. The summed E-state index contributed by atoms with van der Waals surface area (Å²) in [4.78, 5) is 41.7. The van der Waals surface area contributed by atoms with E-state index in [1.807, 2.05) is 0 Å². The average molecular weight is 599 g/mol. The summed E-state index contributed by atoms with van der Waals surface area (Å²) in [5, 5.41) is 2.11. The summed E-state index contributed by atoms with van der Waals surface area (Å²) < 4.78 is 66.9. The molecule has 0 saturated heterocycles. The maximum Gasteiger partial charge on any atom is 0.278 e. The van der Waals surface area contributed by atoms with Gasteiger partial charge in [0.05, 0.1) is 25.9 Å². The minimum atomic E-state index is -2.95. The zero-order valence-electron chi connectivity index (χ0n) is 24.5. The molecular formula is C29H24ClF3N6O3. The predicted molar refractivity (Wildman–Crippen MR) is 149 cm³/mol. The first kappa shape index (κ1) is 26.3. The Kier molecular flexibility index (Phi) is 7.12. The van der Waals surface area contributed by atoms with Crippen molar-refractivity contribution in [2.24, 2.45) is 0 Å². The van der Waals surface area contributed by atoms with Gasteiger partial charge in [-0.2, -0.15) is 0 Å². The quantitative estimate of drug-likeness (QED) is 0.330.